The highest BCUT2D eigenvalue weighted by Crippen LogP contribution is 2.23. The fourth-order valence-electron chi connectivity index (χ4n) is 2.60. The van der Waals surface area contributed by atoms with Crippen molar-refractivity contribution in [3.05, 3.63) is 90.3 Å². The van der Waals surface area contributed by atoms with Crippen LogP contribution in [0.2, 0.25) is 0 Å². The number of hydrogen-bond donors (Lipinski definition) is 1. The Kier molecular flexibility index (Phi) is 4.79. The lowest BCUT2D eigenvalue weighted by Gasteiger charge is -2.09. The van der Waals surface area contributed by atoms with E-state index in [9.17, 15) is 4.79 Å². The van der Waals surface area contributed by atoms with E-state index in [0.717, 1.165) is 11.4 Å². The van der Waals surface area contributed by atoms with Crippen molar-refractivity contribution in [3.8, 4) is 17.2 Å². The molecule has 4 aromatic rings. The van der Waals surface area contributed by atoms with Crippen LogP contribution in [-0.4, -0.2) is 26.1 Å². The van der Waals surface area contributed by atoms with E-state index in [2.05, 4.69) is 20.8 Å². The highest BCUT2D eigenvalue weighted by molar-refractivity contribution is 6.04. The van der Waals surface area contributed by atoms with Gasteiger partial charge in [0.05, 0.1) is 5.69 Å². The van der Waals surface area contributed by atoms with Crippen molar-refractivity contribution in [1.29, 1.82) is 0 Å². The third-order valence-electron chi connectivity index (χ3n) is 4.11. The molecule has 0 saturated heterocycles. The van der Waals surface area contributed by atoms with E-state index in [1.807, 2.05) is 43.3 Å². The Morgan fingerprint density at radius 3 is 2.14 bits per heavy atom. The van der Waals surface area contributed by atoms with E-state index in [4.69, 9.17) is 4.74 Å². The number of nitrogens with zero attached hydrogens (tertiary/aromatic N) is 4. The van der Waals surface area contributed by atoms with Crippen LogP contribution >= 0.6 is 0 Å². The number of anilines is 1. The van der Waals surface area contributed by atoms with Crippen molar-refractivity contribution in [2.75, 3.05) is 5.32 Å². The van der Waals surface area contributed by atoms with E-state index < -0.39 is 0 Å². The lowest BCUT2D eigenvalue weighted by molar-refractivity contribution is 0.102. The molecule has 7 heteroatoms. The van der Waals surface area contributed by atoms with Crippen LogP contribution < -0.4 is 10.1 Å². The van der Waals surface area contributed by atoms with Crippen LogP contribution in [0.25, 0.3) is 5.69 Å². The van der Waals surface area contributed by atoms with Gasteiger partial charge < -0.3 is 10.1 Å². The normalized spacial score (nSPS) is 10.5. The molecule has 1 heterocycles. The fourth-order valence-corrected chi connectivity index (χ4v) is 2.60. The van der Waals surface area contributed by atoms with E-state index in [1.165, 1.54) is 16.6 Å². The van der Waals surface area contributed by atoms with Gasteiger partial charge in [-0.1, -0.05) is 17.7 Å². The van der Waals surface area contributed by atoms with Crippen LogP contribution in [0.4, 0.5) is 5.69 Å². The molecule has 0 aliphatic rings. The van der Waals surface area contributed by atoms with Gasteiger partial charge in [-0.15, -0.1) is 5.10 Å². The van der Waals surface area contributed by atoms with E-state index in [0.29, 0.717) is 17.0 Å². The lowest BCUT2D eigenvalue weighted by Crippen LogP contribution is -2.11. The summed E-state index contributed by atoms with van der Waals surface area (Å²) in [5.74, 6) is 1.27. The minimum atomic E-state index is -0.199. The number of amides is 1. The molecule has 28 heavy (non-hydrogen) atoms. The minimum Gasteiger partial charge on any atom is -0.457 e. The molecule has 0 saturated carbocycles. The number of tetrazole rings is 1. The summed E-state index contributed by atoms with van der Waals surface area (Å²) >= 11 is 0. The molecule has 0 bridgehead atoms. The molecule has 0 aliphatic carbocycles. The number of benzene rings is 3. The molecule has 0 spiro atoms. The summed E-state index contributed by atoms with van der Waals surface area (Å²) < 4.78 is 7.32. The van der Waals surface area contributed by atoms with Crippen LogP contribution in [0.5, 0.6) is 11.5 Å². The smallest absolute Gasteiger partial charge is 0.255 e. The Balaban J connectivity index is 1.39. The number of nitrogens with one attached hydrogen (secondary N) is 1. The standard InChI is InChI=1S/C21H17N5O2/c1-15-2-10-19(11-3-15)28-20-12-6-17(7-13-20)23-21(27)16-4-8-18(9-5-16)26-14-22-24-25-26/h2-14H,1H3,(H,23,27). The zero-order chi connectivity index (χ0) is 19.3. The molecule has 0 atom stereocenters. The van der Waals surface area contributed by atoms with Crippen molar-refractivity contribution in [2.45, 2.75) is 6.92 Å². The molecule has 4 rings (SSSR count). The molecule has 1 aromatic heterocycles. The number of ether oxygens (including phenoxy) is 1. The van der Waals surface area contributed by atoms with Crippen LogP contribution in [0.1, 0.15) is 15.9 Å². The van der Waals surface area contributed by atoms with Crippen LogP contribution in [-0.2, 0) is 0 Å². The van der Waals surface area contributed by atoms with Gasteiger partial charge in [0, 0.05) is 11.3 Å². The first-order valence-electron chi connectivity index (χ1n) is 8.67. The van der Waals surface area contributed by atoms with E-state index in [1.54, 1.807) is 36.4 Å². The fraction of sp³-hybridized carbons (Fsp3) is 0.0476. The predicted octanol–water partition coefficient (Wildman–Crippen LogP) is 4.02. The van der Waals surface area contributed by atoms with Gasteiger partial charge in [0.2, 0.25) is 0 Å². The first-order chi connectivity index (χ1) is 13.7. The van der Waals surface area contributed by atoms with Gasteiger partial charge in [0.1, 0.15) is 17.8 Å². The maximum atomic E-state index is 12.4. The Morgan fingerprint density at radius 2 is 1.54 bits per heavy atom. The average molecular weight is 371 g/mol. The molecule has 0 fully saturated rings. The topological polar surface area (TPSA) is 81.9 Å². The Labute approximate surface area is 161 Å². The second-order valence-electron chi connectivity index (χ2n) is 6.19. The van der Waals surface area contributed by atoms with Crippen molar-refractivity contribution in [1.82, 2.24) is 20.2 Å². The number of rotatable bonds is 5. The van der Waals surface area contributed by atoms with Crippen molar-refractivity contribution < 1.29 is 9.53 Å². The highest BCUT2D eigenvalue weighted by atomic mass is 16.5. The first-order valence-corrected chi connectivity index (χ1v) is 8.67. The van der Waals surface area contributed by atoms with Crippen LogP contribution in [0.3, 0.4) is 0 Å². The second kappa shape index (κ2) is 7.71. The average Bonchev–Trinajstić information content (AvgIpc) is 3.26. The lowest BCUT2D eigenvalue weighted by atomic mass is 10.2. The molecule has 0 unspecified atom stereocenters. The molecular weight excluding hydrogens is 354 g/mol. The summed E-state index contributed by atoms with van der Waals surface area (Å²) in [6.07, 6.45) is 1.50. The maximum absolute atomic E-state index is 12.4. The first kappa shape index (κ1) is 17.4. The Bertz CT molecular complexity index is 1060. The zero-order valence-corrected chi connectivity index (χ0v) is 15.1. The molecule has 0 radical (unpaired) electrons. The van der Waals surface area contributed by atoms with E-state index >= 15 is 0 Å². The SMILES string of the molecule is Cc1ccc(Oc2ccc(NC(=O)c3ccc(-n4cnnn4)cc3)cc2)cc1. The third kappa shape index (κ3) is 4.04. The van der Waals surface area contributed by atoms with Gasteiger partial charge >= 0.3 is 0 Å². The molecule has 3 aromatic carbocycles. The van der Waals surface area contributed by atoms with Crippen molar-refractivity contribution in [2.24, 2.45) is 0 Å². The molecule has 138 valence electrons. The summed E-state index contributed by atoms with van der Waals surface area (Å²) in [4.78, 5) is 12.4. The molecule has 1 amide bonds. The summed E-state index contributed by atoms with van der Waals surface area (Å²) in [6, 6.07) is 22.1. The maximum Gasteiger partial charge on any atom is 0.255 e. The summed E-state index contributed by atoms with van der Waals surface area (Å²) in [5.41, 5.74) is 3.18. The summed E-state index contributed by atoms with van der Waals surface area (Å²) in [6.45, 7) is 2.03. The number of carbonyl (C=O) groups is 1. The quantitative estimate of drug-likeness (QED) is 0.573. The van der Waals surface area contributed by atoms with Crippen molar-refractivity contribution >= 4 is 11.6 Å². The summed E-state index contributed by atoms with van der Waals surface area (Å²) in [5, 5.41) is 13.9. The molecule has 1 N–H and O–H groups in total. The van der Waals surface area contributed by atoms with Crippen LogP contribution in [0, 0.1) is 6.92 Å². The Hall–Kier alpha value is -4.00. The molecular formula is C21H17N5O2. The number of hydrogen-bond acceptors (Lipinski definition) is 5. The Morgan fingerprint density at radius 1 is 0.893 bits per heavy atom. The molecule has 7 nitrogen and oxygen atoms in total. The third-order valence-corrected chi connectivity index (χ3v) is 4.11. The van der Waals surface area contributed by atoms with Gasteiger partial charge in [-0.25, -0.2) is 4.68 Å². The largest absolute Gasteiger partial charge is 0.457 e. The van der Waals surface area contributed by atoms with Crippen LogP contribution in [0.15, 0.2) is 79.1 Å². The predicted molar refractivity (Wildman–Crippen MR) is 105 cm³/mol. The highest BCUT2D eigenvalue weighted by Gasteiger charge is 2.07. The van der Waals surface area contributed by atoms with Gasteiger partial charge in [-0.2, -0.15) is 0 Å². The molecule has 0 aliphatic heterocycles. The second-order valence-corrected chi connectivity index (χ2v) is 6.19. The summed E-state index contributed by atoms with van der Waals surface area (Å²) in [7, 11) is 0. The number of aryl methyl sites for hydroxylation is 1. The van der Waals surface area contributed by atoms with Gasteiger partial charge in [0.25, 0.3) is 5.91 Å². The van der Waals surface area contributed by atoms with Crippen molar-refractivity contribution in [3.63, 3.8) is 0 Å². The van der Waals surface area contributed by atoms with Gasteiger partial charge in [-0.05, 0) is 78.0 Å². The van der Waals surface area contributed by atoms with Gasteiger partial charge in [0.15, 0.2) is 0 Å². The number of aromatic nitrogens is 4. The number of carbonyl (C=O) groups excluding carboxylic acids is 1. The van der Waals surface area contributed by atoms with E-state index in [-0.39, 0.29) is 5.91 Å². The zero-order valence-electron chi connectivity index (χ0n) is 15.1. The van der Waals surface area contributed by atoms with Gasteiger partial charge in [-0.3, -0.25) is 4.79 Å². The monoisotopic (exact) mass is 371 g/mol. The minimum absolute atomic E-state index is 0.199.